The molecular formula is C14H21N3O. The van der Waals surface area contributed by atoms with E-state index in [2.05, 4.69) is 15.8 Å². The summed E-state index contributed by atoms with van der Waals surface area (Å²) in [5, 5.41) is 5.06. The summed E-state index contributed by atoms with van der Waals surface area (Å²) in [4.78, 5) is 10.9. The van der Waals surface area contributed by atoms with E-state index in [1.54, 1.807) is 0 Å². The van der Waals surface area contributed by atoms with Gasteiger partial charge in [0.2, 0.25) is 5.91 Å². The standard InChI is InChI=1S/C14H21N3O/c1-12(18)16-14-7-5-13(6-8-14)11-15-17-9-3-2-4-10-17/h5-8,15H,2-4,9-11H2,1H3,(H,16,18). The van der Waals surface area contributed by atoms with Gasteiger partial charge in [-0.2, -0.15) is 0 Å². The number of nitrogens with one attached hydrogen (secondary N) is 2. The Balaban J connectivity index is 1.80. The molecule has 0 unspecified atom stereocenters. The number of amides is 1. The van der Waals surface area contributed by atoms with E-state index in [4.69, 9.17) is 0 Å². The van der Waals surface area contributed by atoms with Gasteiger partial charge < -0.3 is 5.32 Å². The summed E-state index contributed by atoms with van der Waals surface area (Å²) in [5.41, 5.74) is 5.53. The number of hydrogen-bond donors (Lipinski definition) is 2. The fourth-order valence-corrected chi connectivity index (χ4v) is 2.16. The van der Waals surface area contributed by atoms with E-state index in [1.807, 2.05) is 24.3 Å². The predicted molar refractivity (Wildman–Crippen MR) is 73.0 cm³/mol. The van der Waals surface area contributed by atoms with Crippen molar-refractivity contribution < 1.29 is 4.79 Å². The Hall–Kier alpha value is -1.39. The first-order valence-electron chi connectivity index (χ1n) is 6.59. The molecule has 1 amide bonds. The normalized spacial score (nSPS) is 16.5. The van der Waals surface area contributed by atoms with Crippen molar-refractivity contribution in [2.75, 3.05) is 18.4 Å². The molecule has 1 fully saturated rings. The van der Waals surface area contributed by atoms with E-state index in [0.717, 1.165) is 25.3 Å². The van der Waals surface area contributed by atoms with Gasteiger partial charge in [-0.25, -0.2) is 5.01 Å². The van der Waals surface area contributed by atoms with Crippen LogP contribution >= 0.6 is 0 Å². The first-order chi connectivity index (χ1) is 8.74. The summed E-state index contributed by atoms with van der Waals surface area (Å²) >= 11 is 0. The number of nitrogens with zero attached hydrogens (tertiary/aromatic N) is 1. The number of benzene rings is 1. The number of rotatable bonds is 4. The van der Waals surface area contributed by atoms with Crippen LogP contribution in [0.3, 0.4) is 0 Å². The molecule has 2 N–H and O–H groups in total. The molecule has 0 aromatic heterocycles. The van der Waals surface area contributed by atoms with Gasteiger partial charge in [-0.3, -0.25) is 10.2 Å². The number of piperidine rings is 1. The largest absolute Gasteiger partial charge is 0.326 e. The highest BCUT2D eigenvalue weighted by Crippen LogP contribution is 2.10. The van der Waals surface area contributed by atoms with Gasteiger partial charge in [0.1, 0.15) is 0 Å². The lowest BCUT2D eigenvalue weighted by Gasteiger charge is -2.27. The number of carbonyl (C=O) groups is 1. The summed E-state index contributed by atoms with van der Waals surface area (Å²) in [6.45, 7) is 4.65. The molecule has 0 spiro atoms. The highest BCUT2D eigenvalue weighted by molar-refractivity contribution is 5.88. The summed E-state index contributed by atoms with van der Waals surface area (Å²) < 4.78 is 0. The fourth-order valence-electron chi connectivity index (χ4n) is 2.16. The number of hydrogen-bond acceptors (Lipinski definition) is 3. The van der Waals surface area contributed by atoms with Gasteiger partial charge in [-0.1, -0.05) is 18.6 Å². The van der Waals surface area contributed by atoms with Gasteiger partial charge in [0, 0.05) is 32.2 Å². The third kappa shape index (κ3) is 4.13. The Morgan fingerprint density at radius 2 is 1.83 bits per heavy atom. The number of anilines is 1. The van der Waals surface area contributed by atoms with E-state index in [1.165, 1.54) is 31.7 Å². The van der Waals surface area contributed by atoms with Crippen molar-refractivity contribution >= 4 is 11.6 Å². The summed E-state index contributed by atoms with van der Waals surface area (Å²) in [5.74, 6) is -0.0332. The van der Waals surface area contributed by atoms with Crippen LogP contribution in [-0.2, 0) is 11.3 Å². The van der Waals surface area contributed by atoms with Gasteiger partial charge in [0.25, 0.3) is 0 Å². The molecule has 0 saturated carbocycles. The number of hydrazine groups is 1. The van der Waals surface area contributed by atoms with Crippen LogP contribution in [-0.4, -0.2) is 24.0 Å². The molecule has 0 bridgehead atoms. The second kappa shape index (κ2) is 6.52. The molecule has 1 aliphatic heterocycles. The maximum atomic E-state index is 10.9. The van der Waals surface area contributed by atoms with Gasteiger partial charge in [-0.05, 0) is 30.5 Å². The first-order valence-corrected chi connectivity index (χ1v) is 6.59. The third-order valence-corrected chi connectivity index (χ3v) is 3.14. The topological polar surface area (TPSA) is 44.4 Å². The molecule has 1 saturated heterocycles. The van der Waals surface area contributed by atoms with E-state index in [0.29, 0.717) is 0 Å². The van der Waals surface area contributed by atoms with Gasteiger partial charge in [0.15, 0.2) is 0 Å². The minimum Gasteiger partial charge on any atom is -0.326 e. The summed E-state index contributed by atoms with van der Waals surface area (Å²) in [6, 6.07) is 7.97. The Morgan fingerprint density at radius 1 is 1.17 bits per heavy atom. The van der Waals surface area contributed by atoms with Crippen molar-refractivity contribution in [2.45, 2.75) is 32.7 Å². The molecule has 98 valence electrons. The van der Waals surface area contributed by atoms with E-state index in [9.17, 15) is 4.79 Å². The van der Waals surface area contributed by atoms with Gasteiger partial charge in [-0.15, -0.1) is 0 Å². The van der Waals surface area contributed by atoms with Crippen molar-refractivity contribution in [3.63, 3.8) is 0 Å². The minimum atomic E-state index is -0.0332. The molecule has 0 aliphatic carbocycles. The van der Waals surface area contributed by atoms with Crippen LogP contribution in [0.1, 0.15) is 31.7 Å². The van der Waals surface area contributed by atoms with E-state index >= 15 is 0 Å². The van der Waals surface area contributed by atoms with Crippen LogP contribution < -0.4 is 10.7 Å². The predicted octanol–water partition coefficient (Wildman–Crippen LogP) is 2.14. The molecule has 0 atom stereocenters. The lowest BCUT2D eigenvalue weighted by Crippen LogP contribution is -2.41. The third-order valence-electron chi connectivity index (χ3n) is 3.14. The summed E-state index contributed by atoms with van der Waals surface area (Å²) in [6.07, 6.45) is 3.92. The highest BCUT2D eigenvalue weighted by atomic mass is 16.1. The number of carbonyl (C=O) groups excluding carboxylic acids is 1. The maximum absolute atomic E-state index is 10.9. The fraction of sp³-hybridized carbons (Fsp3) is 0.500. The quantitative estimate of drug-likeness (QED) is 0.856. The molecular weight excluding hydrogens is 226 g/mol. The van der Waals surface area contributed by atoms with Crippen LogP contribution in [0, 0.1) is 0 Å². The Bertz CT molecular complexity index is 383. The van der Waals surface area contributed by atoms with Gasteiger partial charge in [0.05, 0.1) is 0 Å². The molecule has 1 aliphatic rings. The Labute approximate surface area is 108 Å². The second-order valence-corrected chi connectivity index (χ2v) is 4.76. The van der Waals surface area contributed by atoms with Crippen molar-refractivity contribution in [1.82, 2.24) is 10.4 Å². The van der Waals surface area contributed by atoms with Gasteiger partial charge >= 0.3 is 0 Å². The molecule has 1 heterocycles. The summed E-state index contributed by atoms with van der Waals surface area (Å²) in [7, 11) is 0. The monoisotopic (exact) mass is 247 g/mol. The van der Waals surface area contributed by atoms with Crippen LogP contribution in [0.4, 0.5) is 5.69 Å². The zero-order valence-corrected chi connectivity index (χ0v) is 10.9. The average Bonchev–Trinajstić information content (AvgIpc) is 2.38. The molecule has 0 radical (unpaired) electrons. The molecule has 2 rings (SSSR count). The van der Waals surface area contributed by atoms with Crippen molar-refractivity contribution in [1.29, 1.82) is 0 Å². The zero-order valence-electron chi connectivity index (χ0n) is 10.9. The molecule has 4 nitrogen and oxygen atoms in total. The maximum Gasteiger partial charge on any atom is 0.221 e. The average molecular weight is 247 g/mol. The SMILES string of the molecule is CC(=O)Nc1ccc(CNN2CCCCC2)cc1. The lowest BCUT2D eigenvalue weighted by atomic mass is 10.1. The van der Waals surface area contributed by atoms with Crippen molar-refractivity contribution in [2.24, 2.45) is 0 Å². The van der Waals surface area contributed by atoms with Crippen molar-refractivity contribution in [3.05, 3.63) is 29.8 Å². The lowest BCUT2D eigenvalue weighted by molar-refractivity contribution is -0.114. The Kier molecular flexibility index (Phi) is 4.73. The zero-order chi connectivity index (χ0) is 12.8. The Morgan fingerprint density at radius 3 is 2.44 bits per heavy atom. The highest BCUT2D eigenvalue weighted by Gasteiger charge is 2.08. The molecule has 1 aromatic rings. The molecule has 1 aromatic carbocycles. The van der Waals surface area contributed by atoms with Crippen LogP contribution in [0.15, 0.2) is 24.3 Å². The van der Waals surface area contributed by atoms with E-state index < -0.39 is 0 Å². The van der Waals surface area contributed by atoms with E-state index in [-0.39, 0.29) is 5.91 Å². The molecule has 18 heavy (non-hydrogen) atoms. The smallest absolute Gasteiger partial charge is 0.221 e. The second-order valence-electron chi connectivity index (χ2n) is 4.76. The first kappa shape index (κ1) is 13.1. The minimum absolute atomic E-state index is 0.0332. The van der Waals surface area contributed by atoms with Crippen molar-refractivity contribution in [3.8, 4) is 0 Å². The van der Waals surface area contributed by atoms with Crippen LogP contribution in [0.2, 0.25) is 0 Å². The molecule has 4 heteroatoms. The van der Waals surface area contributed by atoms with Crippen LogP contribution in [0.25, 0.3) is 0 Å². The van der Waals surface area contributed by atoms with Crippen LogP contribution in [0.5, 0.6) is 0 Å².